The summed E-state index contributed by atoms with van der Waals surface area (Å²) in [6.07, 6.45) is 0. The van der Waals surface area contributed by atoms with Gasteiger partial charge in [-0.15, -0.1) is 11.3 Å². The third-order valence-corrected chi connectivity index (χ3v) is 6.41. The van der Waals surface area contributed by atoms with Crippen LogP contribution in [0.5, 0.6) is 0 Å². The highest BCUT2D eigenvalue weighted by molar-refractivity contribution is 7.12. The third-order valence-electron chi connectivity index (χ3n) is 5.55. The Bertz CT molecular complexity index is 1020. The molecule has 1 aliphatic heterocycles. The van der Waals surface area contributed by atoms with Crippen molar-refractivity contribution in [2.45, 2.75) is 19.9 Å². The Morgan fingerprint density at radius 1 is 0.903 bits per heavy atom. The van der Waals surface area contributed by atoms with Crippen molar-refractivity contribution in [1.29, 1.82) is 0 Å². The van der Waals surface area contributed by atoms with Gasteiger partial charge in [0.1, 0.15) is 6.04 Å². The predicted molar refractivity (Wildman–Crippen MR) is 126 cm³/mol. The maximum Gasteiger partial charge on any atom is 0.264 e. The Kier molecular flexibility index (Phi) is 6.49. The van der Waals surface area contributed by atoms with Gasteiger partial charge in [0.2, 0.25) is 5.91 Å². The van der Waals surface area contributed by atoms with Crippen molar-refractivity contribution in [3.8, 4) is 0 Å². The topological polar surface area (TPSA) is 52.7 Å². The molecule has 1 N–H and O–H groups in total. The number of amides is 2. The van der Waals surface area contributed by atoms with Crippen molar-refractivity contribution in [3.63, 3.8) is 0 Å². The van der Waals surface area contributed by atoms with E-state index in [2.05, 4.69) is 16.3 Å². The number of thiophene rings is 1. The molecule has 1 saturated heterocycles. The number of carbonyl (C=O) groups is 2. The van der Waals surface area contributed by atoms with Crippen LogP contribution in [0.15, 0.2) is 66.0 Å². The quantitative estimate of drug-likeness (QED) is 0.644. The zero-order valence-electron chi connectivity index (χ0n) is 17.9. The van der Waals surface area contributed by atoms with Gasteiger partial charge in [-0.3, -0.25) is 14.5 Å². The number of benzene rings is 2. The predicted octanol–water partition coefficient (Wildman–Crippen LogP) is 4.50. The second-order valence-electron chi connectivity index (χ2n) is 7.98. The van der Waals surface area contributed by atoms with E-state index >= 15 is 0 Å². The minimum absolute atomic E-state index is 0.0470. The lowest BCUT2D eigenvalue weighted by Crippen LogP contribution is -2.51. The molecule has 31 heavy (non-hydrogen) atoms. The van der Waals surface area contributed by atoms with Gasteiger partial charge in [-0.2, -0.15) is 0 Å². The fourth-order valence-electron chi connectivity index (χ4n) is 4.16. The molecule has 0 saturated carbocycles. The number of hydrogen-bond donors (Lipinski definition) is 1. The average molecular weight is 434 g/mol. The second kappa shape index (κ2) is 9.45. The number of piperazine rings is 1. The number of anilines is 1. The van der Waals surface area contributed by atoms with Crippen LogP contribution in [-0.4, -0.2) is 47.8 Å². The van der Waals surface area contributed by atoms with Gasteiger partial charge in [-0.1, -0.05) is 42.5 Å². The Morgan fingerprint density at radius 2 is 1.58 bits per heavy atom. The summed E-state index contributed by atoms with van der Waals surface area (Å²) in [6.45, 7) is 6.57. The summed E-state index contributed by atoms with van der Waals surface area (Å²) in [5.74, 6) is 0.0276. The van der Waals surface area contributed by atoms with E-state index in [0.717, 1.165) is 27.3 Å². The molecule has 0 aliphatic carbocycles. The molecule has 2 heterocycles. The second-order valence-corrected chi connectivity index (χ2v) is 8.93. The van der Waals surface area contributed by atoms with E-state index in [9.17, 15) is 9.59 Å². The van der Waals surface area contributed by atoms with Crippen molar-refractivity contribution in [2.75, 3.05) is 31.5 Å². The maximum atomic E-state index is 13.4. The van der Waals surface area contributed by atoms with E-state index < -0.39 is 6.04 Å². The number of nitrogens with zero attached hydrogens (tertiary/aromatic N) is 2. The summed E-state index contributed by atoms with van der Waals surface area (Å²) >= 11 is 1.47. The normalized spacial score (nSPS) is 15.5. The first-order valence-electron chi connectivity index (χ1n) is 10.5. The molecule has 160 valence electrons. The van der Waals surface area contributed by atoms with Crippen LogP contribution in [0.25, 0.3) is 0 Å². The van der Waals surface area contributed by atoms with E-state index in [4.69, 9.17) is 0 Å². The molecule has 6 heteroatoms. The maximum absolute atomic E-state index is 13.4. The van der Waals surface area contributed by atoms with Crippen molar-refractivity contribution < 1.29 is 9.59 Å². The van der Waals surface area contributed by atoms with Crippen LogP contribution in [0.1, 0.15) is 32.4 Å². The third kappa shape index (κ3) is 5.03. The Labute approximate surface area is 187 Å². The van der Waals surface area contributed by atoms with Crippen molar-refractivity contribution >= 4 is 28.8 Å². The fraction of sp³-hybridized carbons (Fsp3) is 0.280. The van der Waals surface area contributed by atoms with Crippen LogP contribution in [0.4, 0.5) is 5.69 Å². The Hall–Kier alpha value is -2.96. The average Bonchev–Trinajstić information content (AvgIpc) is 3.29. The van der Waals surface area contributed by atoms with Crippen molar-refractivity contribution in [1.82, 2.24) is 9.80 Å². The lowest BCUT2D eigenvalue weighted by molar-refractivity contribution is -0.122. The summed E-state index contributed by atoms with van der Waals surface area (Å²) < 4.78 is 0. The van der Waals surface area contributed by atoms with Gasteiger partial charge >= 0.3 is 0 Å². The molecule has 1 fully saturated rings. The number of hydrogen-bond acceptors (Lipinski definition) is 4. The van der Waals surface area contributed by atoms with Crippen LogP contribution < -0.4 is 5.32 Å². The first kappa shape index (κ1) is 21.3. The van der Waals surface area contributed by atoms with E-state index in [-0.39, 0.29) is 11.8 Å². The Balaban J connectivity index is 1.51. The van der Waals surface area contributed by atoms with Crippen molar-refractivity contribution in [3.05, 3.63) is 87.6 Å². The van der Waals surface area contributed by atoms with E-state index in [0.29, 0.717) is 26.2 Å². The van der Waals surface area contributed by atoms with Crippen LogP contribution >= 0.6 is 11.3 Å². The van der Waals surface area contributed by atoms with Gasteiger partial charge in [-0.25, -0.2) is 0 Å². The van der Waals surface area contributed by atoms with Crippen LogP contribution in [0.3, 0.4) is 0 Å². The van der Waals surface area contributed by atoms with Gasteiger partial charge in [0.25, 0.3) is 5.91 Å². The minimum Gasteiger partial charge on any atom is -0.335 e. The molecule has 0 spiro atoms. The van der Waals surface area contributed by atoms with E-state index in [1.54, 1.807) is 0 Å². The first-order valence-corrected chi connectivity index (χ1v) is 11.4. The lowest BCUT2D eigenvalue weighted by Gasteiger charge is -2.38. The molecule has 2 aromatic carbocycles. The highest BCUT2D eigenvalue weighted by Gasteiger charge is 2.32. The molecule has 1 atom stereocenters. The smallest absolute Gasteiger partial charge is 0.264 e. The monoisotopic (exact) mass is 433 g/mol. The Morgan fingerprint density at radius 3 is 2.19 bits per heavy atom. The highest BCUT2D eigenvalue weighted by Crippen LogP contribution is 2.26. The molecule has 5 nitrogen and oxygen atoms in total. The lowest BCUT2D eigenvalue weighted by atomic mass is 10.0. The van der Waals surface area contributed by atoms with E-state index in [1.807, 2.05) is 78.7 Å². The zero-order chi connectivity index (χ0) is 21.8. The van der Waals surface area contributed by atoms with Gasteiger partial charge in [0, 0.05) is 31.9 Å². The number of aryl methyl sites for hydroxylation is 2. The molecule has 0 bridgehead atoms. The van der Waals surface area contributed by atoms with Gasteiger partial charge in [0.05, 0.1) is 4.88 Å². The van der Waals surface area contributed by atoms with Gasteiger partial charge in [-0.05, 0) is 54.1 Å². The van der Waals surface area contributed by atoms with E-state index in [1.165, 1.54) is 11.3 Å². The fourth-order valence-corrected chi connectivity index (χ4v) is 4.85. The molecule has 1 unspecified atom stereocenters. The summed E-state index contributed by atoms with van der Waals surface area (Å²) in [6, 6.07) is 19.3. The van der Waals surface area contributed by atoms with Gasteiger partial charge < -0.3 is 10.2 Å². The highest BCUT2D eigenvalue weighted by atomic mass is 32.1. The standard InChI is InChI=1S/C25H27N3O2S/c1-18-15-19(2)17-21(16-18)26-24(29)23(20-7-4-3-5-8-20)27-10-12-28(13-11-27)25(30)22-9-6-14-31-22/h3-9,14-17,23H,10-13H2,1-2H3,(H,26,29). The molecular weight excluding hydrogens is 406 g/mol. The molecule has 0 radical (unpaired) electrons. The number of nitrogens with one attached hydrogen (secondary N) is 1. The van der Waals surface area contributed by atoms with Crippen molar-refractivity contribution in [2.24, 2.45) is 0 Å². The first-order chi connectivity index (χ1) is 15.0. The molecule has 2 amide bonds. The summed E-state index contributed by atoms with van der Waals surface area (Å²) in [4.78, 5) is 30.9. The molecule has 4 rings (SSSR count). The zero-order valence-corrected chi connectivity index (χ0v) is 18.7. The van der Waals surface area contributed by atoms with Gasteiger partial charge in [0.15, 0.2) is 0 Å². The molecule has 1 aromatic heterocycles. The summed E-state index contributed by atoms with van der Waals surface area (Å²) in [5.41, 5.74) is 4.01. The SMILES string of the molecule is Cc1cc(C)cc(NC(=O)C(c2ccccc2)N2CCN(C(=O)c3cccs3)CC2)c1. The largest absolute Gasteiger partial charge is 0.335 e. The summed E-state index contributed by atoms with van der Waals surface area (Å²) in [5, 5.41) is 5.04. The van der Waals surface area contributed by atoms with Crippen LogP contribution in [-0.2, 0) is 4.79 Å². The minimum atomic E-state index is -0.402. The number of rotatable bonds is 5. The molecular formula is C25H27N3O2S. The molecule has 1 aliphatic rings. The number of carbonyl (C=O) groups excluding carboxylic acids is 2. The molecule has 3 aromatic rings. The summed E-state index contributed by atoms with van der Waals surface area (Å²) in [7, 11) is 0. The van der Waals surface area contributed by atoms with Crippen LogP contribution in [0, 0.1) is 13.8 Å². The van der Waals surface area contributed by atoms with Crippen LogP contribution in [0.2, 0.25) is 0 Å².